The molecule has 24 heavy (non-hydrogen) atoms. The molecule has 0 radical (unpaired) electrons. The molecular weight excluding hydrogens is 325 g/mol. The van der Waals surface area contributed by atoms with Crippen LogP contribution < -0.4 is 15.2 Å². The molecule has 1 unspecified atom stereocenters. The maximum atomic E-state index is 12.3. The fourth-order valence-electron chi connectivity index (χ4n) is 2.59. The van der Waals surface area contributed by atoms with Gasteiger partial charge in [0, 0.05) is 11.3 Å². The lowest BCUT2D eigenvalue weighted by Gasteiger charge is -2.23. The molecule has 0 saturated heterocycles. The predicted octanol–water partition coefficient (Wildman–Crippen LogP) is 2.83. The van der Waals surface area contributed by atoms with E-state index in [9.17, 15) is 18.4 Å². The molecule has 9 heteroatoms. The summed E-state index contributed by atoms with van der Waals surface area (Å²) >= 11 is 0. The molecular formula is C15H11F3N4O2. The van der Waals surface area contributed by atoms with E-state index in [0.29, 0.717) is 16.8 Å². The van der Waals surface area contributed by atoms with Crippen molar-refractivity contribution >= 4 is 0 Å². The van der Waals surface area contributed by atoms with E-state index >= 15 is 0 Å². The zero-order valence-corrected chi connectivity index (χ0v) is 12.3. The summed E-state index contributed by atoms with van der Waals surface area (Å²) in [6.07, 6.45) is -4.77. The quantitative estimate of drug-likeness (QED) is 0.879. The van der Waals surface area contributed by atoms with Crippen molar-refractivity contribution < 1.29 is 22.6 Å². The molecule has 0 aliphatic carbocycles. The number of allylic oxidation sites excluding steroid dienone is 1. The fourth-order valence-corrected chi connectivity index (χ4v) is 2.59. The number of fused-ring (bicyclic) bond motifs is 1. The van der Waals surface area contributed by atoms with Crippen LogP contribution in [0.4, 0.5) is 13.2 Å². The van der Waals surface area contributed by atoms with E-state index in [1.165, 1.54) is 24.3 Å². The maximum Gasteiger partial charge on any atom is 0.573 e. The van der Waals surface area contributed by atoms with E-state index in [2.05, 4.69) is 14.9 Å². The zero-order chi connectivity index (χ0) is 17.5. The summed E-state index contributed by atoms with van der Waals surface area (Å²) in [4.78, 5) is 0. The third-order valence-corrected chi connectivity index (χ3v) is 3.58. The molecule has 1 atom stereocenters. The Hall–Kier alpha value is -3.15. The smallest absolute Gasteiger partial charge is 0.420 e. The number of nitrogens with zero attached hydrogens (tertiary/aromatic N) is 2. The highest BCUT2D eigenvalue weighted by molar-refractivity contribution is 5.55. The first-order chi connectivity index (χ1) is 11.3. The molecule has 2 aromatic rings. The number of hydrogen-bond donors (Lipinski definition) is 2. The molecule has 1 aromatic heterocycles. The number of H-pyrrole nitrogens is 1. The summed E-state index contributed by atoms with van der Waals surface area (Å²) in [6.45, 7) is 1.75. The predicted molar refractivity (Wildman–Crippen MR) is 75.7 cm³/mol. The van der Waals surface area contributed by atoms with E-state index in [0.717, 1.165) is 0 Å². The Bertz CT molecular complexity index is 847. The molecule has 1 aliphatic rings. The van der Waals surface area contributed by atoms with Crippen LogP contribution in [0.1, 0.15) is 22.7 Å². The Morgan fingerprint density at radius 3 is 2.58 bits per heavy atom. The van der Waals surface area contributed by atoms with Gasteiger partial charge in [0.1, 0.15) is 17.4 Å². The van der Waals surface area contributed by atoms with E-state index < -0.39 is 12.3 Å². The molecule has 2 heterocycles. The van der Waals surface area contributed by atoms with Crippen molar-refractivity contribution in [3.05, 3.63) is 52.5 Å². The molecule has 0 bridgehead atoms. The molecule has 1 aliphatic heterocycles. The Kier molecular flexibility index (Phi) is 3.60. The standard InChI is InChI=1S/C15H11F3N4O2/c1-7-11-12(10(6-19)13(20)23-14(11)22-21-7)8-2-4-9(5-3-8)24-15(16,17)18/h2-5,12H,20H2,1H3,(H,21,22). The van der Waals surface area contributed by atoms with Crippen molar-refractivity contribution in [2.75, 3.05) is 0 Å². The number of alkyl halides is 3. The number of nitrogens with one attached hydrogen (secondary N) is 1. The van der Waals surface area contributed by atoms with Crippen LogP contribution in [0.2, 0.25) is 0 Å². The Morgan fingerprint density at radius 2 is 2.00 bits per heavy atom. The molecule has 0 saturated carbocycles. The Labute approximate surface area is 134 Å². The second-order valence-corrected chi connectivity index (χ2v) is 5.11. The lowest BCUT2D eigenvalue weighted by molar-refractivity contribution is -0.274. The van der Waals surface area contributed by atoms with Crippen molar-refractivity contribution in [3.8, 4) is 17.7 Å². The highest BCUT2D eigenvalue weighted by Gasteiger charge is 2.35. The van der Waals surface area contributed by atoms with Crippen molar-refractivity contribution in [3.63, 3.8) is 0 Å². The number of aromatic amines is 1. The molecule has 3 N–H and O–H groups in total. The number of halogens is 3. The fraction of sp³-hybridized carbons (Fsp3) is 0.200. The third kappa shape index (κ3) is 2.74. The average Bonchev–Trinajstić information content (AvgIpc) is 2.86. The van der Waals surface area contributed by atoms with Gasteiger partial charge in [-0.05, 0) is 24.6 Å². The van der Waals surface area contributed by atoms with Crippen LogP contribution in [-0.4, -0.2) is 16.6 Å². The van der Waals surface area contributed by atoms with E-state index in [4.69, 9.17) is 10.5 Å². The first kappa shape index (κ1) is 15.7. The van der Waals surface area contributed by atoms with Crippen LogP contribution in [0.3, 0.4) is 0 Å². The molecule has 1 aromatic carbocycles. The number of benzene rings is 1. The zero-order valence-electron chi connectivity index (χ0n) is 12.3. The van der Waals surface area contributed by atoms with Crippen LogP contribution in [0, 0.1) is 18.3 Å². The first-order valence-electron chi connectivity index (χ1n) is 6.78. The topological polar surface area (TPSA) is 97.0 Å². The van der Waals surface area contributed by atoms with Gasteiger partial charge >= 0.3 is 6.36 Å². The van der Waals surface area contributed by atoms with Gasteiger partial charge in [0.15, 0.2) is 0 Å². The summed E-state index contributed by atoms with van der Waals surface area (Å²) in [5, 5.41) is 16.1. The number of rotatable bonds is 2. The van der Waals surface area contributed by atoms with Crippen LogP contribution >= 0.6 is 0 Å². The first-order valence-corrected chi connectivity index (χ1v) is 6.78. The molecule has 124 valence electrons. The number of nitrogens with two attached hydrogens (primary N) is 1. The molecule has 0 amide bonds. The van der Waals surface area contributed by atoms with Gasteiger partial charge in [-0.3, -0.25) is 5.10 Å². The van der Waals surface area contributed by atoms with Gasteiger partial charge in [0.2, 0.25) is 11.8 Å². The largest absolute Gasteiger partial charge is 0.573 e. The minimum atomic E-state index is -4.77. The highest BCUT2D eigenvalue weighted by Crippen LogP contribution is 2.42. The van der Waals surface area contributed by atoms with Crippen molar-refractivity contribution in [1.82, 2.24) is 10.2 Å². The number of aryl methyl sites for hydroxylation is 1. The van der Waals surface area contributed by atoms with Crippen molar-refractivity contribution in [2.24, 2.45) is 5.73 Å². The minimum Gasteiger partial charge on any atom is -0.420 e. The second-order valence-electron chi connectivity index (χ2n) is 5.11. The molecule has 3 rings (SSSR count). The van der Waals surface area contributed by atoms with Crippen LogP contribution in [-0.2, 0) is 0 Å². The van der Waals surface area contributed by atoms with Crippen LogP contribution in [0.5, 0.6) is 11.6 Å². The monoisotopic (exact) mass is 336 g/mol. The van der Waals surface area contributed by atoms with Crippen LogP contribution in [0.15, 0.2) is 35.7 Å². The Morgan fingerprint density at radius 1 is 1.33 bits per heavy atom. The van der Waals surface area contributed by atoms with Gasteiger partial charge in [-0.2, -0.15) is 5.26 Å². The molecule has 0 spiro atoms. The lowest BCUT2D eigenvalue weighted by atomic mass is 9.84. The SMILES string of the molecule is Cc1[nH]nc2c1C(c1ccc(OC(F)(F)F)cc1)C(C#N)=C(N)O2. The number of ether oxygens (including phenoxy) is 2. The minimum absolute atomic E-state index is 0.0860. The van der Waals surface area contributed by atoms with E-state index in [1.54, 1.807) is 6.92 Å². The Balaban J connectivity index is 2.04. The second kappa shape index (κ2) is 5.49. The van der Waals surface area contributed by atoms with Gasteiger partial charge in [-0.15, -0.1) is 18.3 Å². The van der Waals surface area contributed by atoms with Crippen LogP contribution in [0.25, 0.3) is 0 Å². The number of hydrogen-bond acceptors (Lipinski definition) is 5. The summed E-state index contributed by atoms with van der Waals surface area (Å²) in [5.41, 5.74) is 7.78. The van der Waals surface area contributed by atoms with Gasteiger partial charge in [0.05, 0.1) is 5.92 Å². The van der Waals surface area contributed by atoms with Gasteiger partial charge in [-0.1, -0.05) is 12.1 Å². The van der Waals surface area contributed by atoms with Crippen molar-refractivity contribution in [2.45, 2.75) is 19.2 Å². The van der Waals surface area contributed by atoms with Crippen molar-refractivity contribution in [1.29, 1.82) is 5.26 Å². The highest BCUT2D eigenvalue weighted by atomic mass is 19.4. The summed E-state index contributed by atoms with van der Waals surface area (Å²) in [6, 6.07) is 7.23. The van der Waals surface area contributed by atoms with Gasteiger partial charge < -0.3 is 15.2 Å². The average molecular weight is 336 g/mol. The summed E-state index contributed by atoms with van der Waals surface area (Å²) in [7, 11) is 0. The molecule has 6 nitrogen and oxygen atoms in total. The van der Waals surface area contributed by atoms with E-state index in [1.807, 2.05) is 6.07 Å². The lowest BCUT2D eigenvalue weighted by Crippen LogP contribution is -2.21. The molecule has 0 fully saturated rings. The van der Waals surface area contributed by atoms with E-state index in [-0.39, 0.29) is 23.1 Å². The number of nitriles is 1. The normalized spacial score (nSPS) is 17.0. The van der Waals surface area contributed by atoms with Gasteiger partial charge in [0.25, 0.3) is 0 Å². The van der Waals surface area contributed by atoms with Gasteiger partial charge in [-0.25, -0.2) is 0 Å². The maximum absolute atomic E-state index is 12.3. The number of aromatic nitrogens is 2. The summed E-state index contributed by atoms with van der Waals surface area (Å²) in [5.74, 6) is -0.780. The third-order valence-electron chi connectivity index (χ3n) is 3.58. The summed E-state index contributed by atoms with van der Waals surface area (Å²) < 4.78 is 45.9.